The number of piperidine rings is 1. The molecule has 0 atom stereocenters. The molecule has 0 amide bonds. The number of carboxylic acids is 1. The van der Waals surface area contributed by atoms with Crippen LogP contribution >= 0.6 is 0 Å². The number of aryl methyl sites for hydroxylation is 1. The van der Waals surface area contributed by atoms with Gasteiger partial charge in [-0.15, -0.1) is 0 Å². The van der Waals surface area contributed by atoms with Crippen molar-refractivity contribution in [2.24, 2.45) is 0 Å². The number of hydrogen-bond donors (Lipinski definition) is 1. The van der Waals surface area contributed by atoms with Crippen LogP contribution in [0.4, 0.5) is 0 Å². The number of nitrogens with zero attached hydrogens (tertiary/aromatic N) is 3. The Hall–Kier alpha value is -1.36. The first-order valence-electron chi connectivity index (χ1n) is 6.59. The molecule has 18 heavy (non-hydrogen) atoms. The Morgan fingerprint density at radius 1 is 1.22 bits per heavy atom. The predicted molar refractivity (Wildman–Crippen MR) is 69.0 cm³/mol. The maximum Gasteiger partial charge on any atom is 0.339 e. The fourth-order valence-electron chi connectivity index (χ4n) is 2.64. The van der Waals surface area contributed by atoms with E-state index in [1.54, 1.807) is 6.92 Å². The van der Waals surface area contributed by atoms with E-state index in [-0.39, 0.29) is 0 Å². The van der Waals surface area contributed by atoms with Crippen LogP contribution < -0.4 is 0 Å². The van der Waals surface area contributed by atoms with Gasteiger partial charge in [0.2, 0.25) is 0 Å². The van der Waals surface area contributed by atoms with Crippen LogP contribution in [0.3, 0.4) is 0 Å². The Bertz CT molecular complexity index is 434. The standard InChI is InChI=1S/C13H21N3O2/c1-10-12(13(17)18)11(2)16(14-10)9-8-15-6-4-3-5-7-15/h3-9H2,1-2H3,(H,17,18). The first-order chi connectivity index (χ1) is 8.59. The summed E-state index contributed by atoms with van der Waals surface area (Å²) in [7, 11) is 0. The second kappa shape index (κ2) is 5.52. The predicted octanol–water partition coefficient (Wildman–Crippen LogP) is 1.68. The minimum Gasteiger partial charge on any atom is -0.478 e. The maximum absolute atomic E-state index is 11.1. The third kappa shape index (κ3) is 2.72. The van der Waals surface area contributed by atoms with Gasteiger partial charge in [-0.05, 0) is 39.8 Å². The monoisotopic (exact) mass is 251 g/mol. The van der Waals surface area contributed by atoms with Gasteiger partial charge in [0.05, 0.1) is 17.9 Å². The lowest BCUT2D eigenvalue weighted by atomic mass is 10.1. The summed E-state index contributed by atoms with van der Waals surface area (Å²) in [5.74, 6) is -0.880. The zero-order valence-electron chi connectivity index (χ0n) is 11.1. The number of aromatic nitrogens is 2. The van der Waals surface area contributed by atoms with Gasteiger partial charge in [-0.2, -0.15) is 5.10 Å². The molecular weight excluding hydrogens is 230 g/mol. The lowest BCUT2D eigenvalue weighted by Crippen LogP contribution is -2.32. The van der Waals surface area contributed by atoms with Crippen molar-refractivity contribution in [3.8, 4) is 0 Å². The Morgan fingerprint density at radius 3 is 2.44 bits per heavy atom. The summed E-state index contributed by atoms with van der Waals surface area (Å²) in [6, 6.07) is 0. The van der Waals surface area contributed by atoms with Gasteiger partial charge in [0, 0.05) is 6.54 Å². The van der Waals surface area contributed by atoms with Crippen LogP contribution in [0, 0.1) is 13.8 Å². The van der Waals surface area contributed by atoms with Crippen molar-refractivity contribution in [2.45, 2.75) is 39.7 Å². The number of carboxylic acid groups (broad SMARTS) is 1. The van der Waals surface area contributed by atoms with Gasteiger partial charge in [0.25, 0.3) is 0 Å². The lowest BCUT2D eigenvalue weighted by Gasteiger charge is -2.26. The van der Waals surface area contributed by atoms with Crippen molar-refractivity contribution < 1.29 is 9.90 Å². The molecule has 1 aliphatic heterocycles. The number of hydrogen-bond acceptors (Lipinski definition) is 3. The van der Waals surface area contributed by atoms with Crippen LogP contribution in [0.5, 0.6) is 0 Å². The zero-order valence-corrected chi connectivity index (χ0v) is 11.1. The second-order valence-corrected chi connectivity index (χ2v) is 4.98. The smallest absolute Gasteiger partial charge is 0.339 e. The summed E-state index contributed by atoms with van der Waals surface area (Å²) in [4.78, 5) is 13.5. The highest BCUT2D eigenvalue weighted by molar-refractivity contribution is 5.90. The highest BCUT2D eigenvalue weighted by atomic mass is 16.4. The minimum atomic E-state index is -0.880. The van der Waals surface area contributed by atoms with Crippen LogP contribution in [0.1, 0.15) is 41.0 Å². The van der Waals surface area contributed by atoms with E-state index >= 15 is 0 Å². The average Bonchev–Trinajstić information content (AvgIpc) is 2.63. The molecule has 1 aliphatic rings. The van der Waals surface area contributed by atoms with E-state index in [0.717, 1.165) is 31.9 Å². The number of aromatic carboxylic acids is 1. The van der Waals surface area contributed by atoms with Crippen molar-refractivity contribution in [3.63, 3.8) is 0 Å². The van der Waals surface area contributed by atoms with Crippen molar-refractivity contribution in [1.82, 2.24) is 14.7 Å². The van der Waals surface area contributed by atoms with Gasteiger partial charge in [0.15, 0.2) is 0 Å². The first-order valence-corrected chi connectivity index (χ1v) is 6.59. The van der Waals surface area contributed by atoms with E-state index in [0.29, 0.717) is 11.3 Å². The molecule has 0 radical (unpaired) electrons. The summed E-state index contributed by atoms with van der Waals surface area (Å²) in [5.41, 5.74) is 1.73. The lowest BCUT2D eigenvalue weighted by molar-refractivity contribution is 0.0695. The molecule has 2 heterocycles. The molecule has 100 valence electrons. The minimum absolute atomic E-state index is 0.355. The third-order valence-corrected chi connectivity index (χ3v) is 3.67. The van der Waals surface area contributed by atoms with Crippen LogP contribution in [-0.2, 0) is 6.54 Å². The largest absolute Gasteiger partial charge is 0.478 e. The first kappa shape index (κ1) is 13.1. The molecule has 1 fully saturated rings. The number of likely N-dealkylation sites (tertiary alicyclic amines) is 1. The Balaban J connectivity index is 2.01. The van der Waals surface area contributed by atoms with Crippen molar-refractivity contribution >= 4 is 5.97 Å². The van der Waals surface area contributed by atoms with Gasteiger partial charge < -0.3 is 10.0 Å². The molecule has 0 bridgehead atoms. The molecule has 1 saturated heterocycles. The molecule has 0 aliphatic carbocycles. The van der Waals surface area contributed by atoms with Gasteiger partial charge in [0.1, 0.15) is 5.56 Å². The van der Waals surface area contributed by atoms with Crippen LogP contribution in [0.25, 0.3) is 0 Å². The van der Waals surface area contributed by atoms with Crippen LogP contribution in [0.2, 0.25) is 0 Å². The van der Waals surface area contributed by atoms with Crippen LogP contribution in [-0.4, -0.2) is 45.4 Å². The molecule has 1 N–H and O–H groups in total. The van der Waals surface area contributed by atoms with Gasteiger partial charge >= 0.3 is 5.97 Å². The topological polar surface area (TPSA) is 58.4 Å². The van der Waals surface area contributed by atoms with E-state index in [1.165, 1.54) is 19.3 Å². The molecule has 1 aromatic rings. The Labute approximate surface area is 107 Å². The fraction of sp³-hybridized carbons (Fsp3) is 0.692. The summed E-state index contributed by atoms with van der Waals surface area (Å²) in [5, 5.41) is 13.4. The molecule has 0 aromatic carbocycles. The average molecular weight is 251 g/mol. The molecule has 5 nitrogen and oxygen atoms in total. The summed E-state index contributed by atoms with van der Waals surface area (Å²) < 4.78 is 1.83. The van der Waals surface area contributed by atoms with Crippen molar-refractivity contribution in [3.05, 3.63) is 17.0 Å². The van der Waals surface area contributed by atoms with E-state index < -0.39 is 5.97 Å². The normalized spacial score (nSPS) is 17.0. The summed E-state index contributed by atoms with van der Waals surface area (Å²) >= 11 is 0. The highest BCUT2D eigenvalue weighted by Gasteiger charge is 2.18. The SMILES string of the molecule is Cc1nn(CCN2CCCCC2)c(C)c1C(=O)O. The van der Waals surface area contributed by atoms with Gasteiger partial charge in [-0.25, -0.2) is 4.79 Å². The fourth-order valence-corrected chi connectivity index (χ4v) is 2.64. The molecule has 5 heteroatoms. The highest BCUT2D eigenvalue weighted by Crippen LogP contribution is 2.14. The van der Waals surface area contributed by atoms with Crippen LogP contribution in [0.15, 0.2) is 0 Å². The molecule has 0 unspecified atom stereocenters. The second-order valence-electron chi connectivity index (χ2n) is 4.98. The maximum atomic E-state index is 11.1. The van der Waals surface area contributed by atoms with Gasteiger partial charge in [-0.1, -0.05) is 6.42 Å². The van der Waals surface area contributed by atoms with Gasteiger partial charge in [-0.3, -0.25) is 4.68 Å². The molecule has 2 rings (SSSR count). The van der Waals surface area contributed by atoms with E-state index in [1.807, 2.05) is 11.6 Å². The van der Waals surface area contributed by atoms with Crippen molar-refractivity contribution in [2.75, 3.05) is 19.6 Å². The van der Waals surface area contributed by atoms with E-state index in [4.69, 9.17) is 5.11 Å². The summed E-state index contributed by atoms with van der Waals surface area (Å²) in [6.45, 7) is 7.64. The third-order valence-electron chi connectivity index (χ3n) is 3.67. The Kier molecular flexibility index (Phi) is 4.01. The van der Waals surface area contributed by atoms with Crippen molar-refractivity contribution in [1.29, 1.82) is 0 Å². The Morgan fingerprint density at radius 2 is 1.89 bits per heavy atom. The van der Waals surface area contributed by atoms with E-state index in [2.05, 4.69) is 10.00 Å². The molecule has 1 aromatic heterocycles. The molecular formula is C13H21N3O2. The molecule has 0 saturated carbocycles. The number of carbonyl (C=O) groups is 1. The molecule has 0 spiro atoms. The number of rotatable bonds is 4. The summed E-state index contributed by atoms with van der Waals surface area (Å²) in [6.07, 6.45) is 3.88. The zero-order chi connectivity index (χ0) is 13.1. The quantitative estimate of drug-likeness (QED) is 0.884. The van der Waals surface area contributed by atoms with E-state index in [9.17, 15) is 4.79 Å².